The zero-order valence-electron chi connectivity index (χ0n) is 15.2. The second-order valence-corrected chi connectivity index (χ2v) is 8.28. The Balaban J connectivity index is 2.36. The van der Waals surface area contributed by atoms with Crippen LogP contribution in [-0.2, 0) is 5.41 Å². The van der Waals surface area contributed by atoms with Crippen molar-refractivity contribution in [2.75, 3.05) is 7.11 Å². The first-order chi connectivity index (χ1) is 10.8. The Morgan fingerprint density at radius 3 is 2.48 bits per heavy atom. The number of benzene rings is 1. The molecule has 0 radical (unpaired) electrons. The summed E-state index contributed by atoms with van der Waals surface area (Å²) in [5.74, 6) is 1.29. The lowest BCUT2D eigenvalue weighted by atomic mass is 9.60. The van der Waals surface area contributed by atoms with Gasteiger partial charge in [0.1, 0.15) is 12.0 Å². The van der Waals surface area contributed by atoms with Gasteiger partial charge in [0.25, 0.3) is 0 Å². The van der Waals surface area contributed by atoms with Crippen molar-refractivity contribution in [3.63, 3.8) is 0 Å². The van der Waals surface area contributed by atoms with Crippen LogP contribution in [0.15, 0.2) is 11.6 Å². The number of hydrogen-bond donors (Lipinski definition) is 0. The summed E-state index contributed by atoms with van der Waals surface area (Å²) in [6.45, 7) is 11.3. The second-order valence-electron chi connectivity index (χ2n) is 8.28. The lowest BCUT2D eigenvalue weighted by Gasteiger charge is -2.44. The molecule has 0 amide bonds. The van der Waals surface area contributed by atoms with Crippen molar-refractivity contribution in [3.05, 3.63) is 33.9 Å². The summed E-state index contributed by atoms with van der Waals surface area (Å²) in [6, 6.07) is 2.05. The van der Waals surface area contributed by atoms with Crippen molar-refractivity contribution in [1.82, 2.24) is 0 Å². The van der Waals surface area contributed by atoms with E-state index in [0.717, 1.165) is 35.1 Å². The highest BCUT2D eigenvalue weighted by Gasteiger charge is 2.48. The summed E-state index contributed by atoms with van der Waals surface area (Å²) in [5, 5.41) is 0. The quantitative estimate of drug-likeness (QED) is 0.689. The van der Waals surface area contributed by atoms with Gasteiger partial charge in [0.05, 0.1) is 7.11 Å². The Bertz CT molecular complexity index is 694. The molecule has 124 valence electrons. The zero-order chi connectivity index (χ0) is 17.0. The van der Waals surface area contributed by atoms with Crippen LogP contribution < -0.4 is 4.74 Å². The molecule has 3 rings (SSSR count). The van der Waals surface area contributed by atoms with Gasteiger partial charge in [0.15, 0.2) is 0 Å². The molecule has 2 heteroatoms. The number of rotatable bonds is 3. The van der Waals surface area contributed by atoms with Crippen molar-refractivity contribution in [1.29, 1.82) is 0 Å². The molecule has 1 aromatic carbocycles. The smallest absolute Gasteiger partial charge is 0.150 e. The molecule has 0 unspecified atom stereocenters. The van der Waals surface area contributed by atoms with E-state index in [2.05, 4.69) is 46.8 Å². The zero-order valence-corrected chi connectivity index (χ0v) is 15.2. The predicted octanol–water partition coefficient (Wildman–Crippen LogP) is 5.50. The van der Waals surface area contributed by atoms with Gasteiger partial charge in [0, 0.05) is 16.5 Å². The van der Waals surface area contributed by atoms with Crippen LogP contribution in [0.4, 0.5) is 0 Å². The Kier molecular flexibility index (Phi) is 3.70. The third kappa shape index (κ3) is 2.18. The molecule has 0 N–H and O–H groups in total. The number of carbonyl (C=O) groups excluding carboxylic acids is 1. The lowest BCUT2D eigenvalue weighted by molar-refractivity contribution is 0.112. The fourth-order valence-corrected chi connectivity index (χ4v) is 4.89. The highest BCUT2D eigenvalue weighted by Crippen LogP contribution is 2.59. The van der Waals surface area contributed by atoms with Crippen molar-refractivity contribution in [3.8, 4) is 5.75 Å². The van der Waals surface area contributed by atoms with E-state index >= 15 is 0 Å². The molecule has 2 aliphatic carbocycles. The molecule has 0 bridgehead atoms. The van der Waals surface area contributed by atoms with Gasteiger partial charge in [-0.05, 0) is 41.4 Å². The molecular weight excluding hydrogens is 284 g/mol. The summed E-state index contributed by atoms with van der Waals surface area (Å²) in [6.07, 6.45) is 6.88. The van der Waals surface area contributed by atoms with Gasteiger partial charge >= 0.3 is 0 Å². The molecule has 23 heavy (non-hydrogen) atoms. The molecular formula is C21H28O2. The summed E-state index contributed by atoms with van der Waals surface area (Å²) in [4.78, 5) is 11.9. The van der Waals surface area contributed by atoms with Crippen LogP contribution in [0.1, 0.15) is 86.8 Å². The van der Waals surface area contributed by atoms with Gasteiger partial charge in [-0.3, -0.25) is 4.79 Å². The van der Waals surface area contributed by atoms with Gasteiger partial charge in [-0.15, -0.1) is 0 Å². The predicted molar refractivity (Wildman–Crippen MR) is 95.4 cm³/mol. The van der Waals surface area contributed by atoms with E-state index in [4.69, 9.17) is 4.74 Å². The SMILES string of the molecule is COc1c(C(C)C)cc(C=O)c2c1C=C1C(C)(C)CCC[C@@]12C. The lowest BCUT2D eigenvalue weighted by Crippen LogP contribution is -2.36. The average Bonchev–Trinajstić information content (AvgIpc) is 2.80. The standard InChI is InChI=1S/C21H28O2/c1-13(2)15-10-14(12-22)18-16(19(15)23-6)11-17-20(3,4)8-7-9-21(17,18)5/h10-13H,7-9H2,1-6H3/t21-/m0/s1. The Labute approximate surface area is 139 Å². The van der Waals surface area contributed by atoms with Crippen LogP contribution in [0.3, 0.4) is 0 Å². The first-order valence-electron chi connectivity index (χ1n) is 8.69. The van der Waals surface area contributed by atoms with Crippen LogP contribution in [0, 0.1) is 5.41 Å². The summed E-state index contributed by atoms with van der Waals surface area (Å²) in [5.41, 5.74) is 5.92. The highest BCUT2D eigenvalue weighted by molar-refractivity contribution is 5.88. The van der Waals surface area contributed by atoms with E-state index in [1.54, 1.807) is 7.11 Å². The van der Waals surface area contributed by atoms with Crippen molar-refractivity contribution in [2.45, 2.75) is 65.2 Å². The van der Waals surface area contributed by atoms with Crippen LogP contribution in [0.25, 0.3) is 6.08 Å². The molecule has 0 aromatic heterocycles. The molecule has 2 nitrogen and oxygen atoms in total. The number of hydrogen-bond acceptors (Lipinski definition) is 2. The molecule has 1 atom stereocenters. The maximum absolute atomic E-state index is 11.9. The molecule has 1 saturated carbocycles. The van der Waals surface area contributed by atoms with Gasteiger partial charge in [-0.25, -0.2) is 0 Å². The first kappa shape index (κ1) is 16.3. The number of aldehydes is 1. The molecule has 0 spiro atoms. The molecule has 0 saturated heterocycles. The number of carbonyl (C=O) groups is 1. The fourth-order valence-electron chi connectivity index (χ4n) is 4.89. The Hall–Kier alpha value is -1.57. The highest BCUT2D eigenvalue weighted by atomic mass is 16.5. The topological polar surface area (TPSA) is 26.3 Å². The minimum absolute atomic E-state index is 0.0316. The molecule has 0 heterocycles. The van der Waals surface area contributed by atoms with E-state index in [9.17, 15) is 4.79 Å². The monoisotopic (exact) mass is 312 g/mol. The first-order valence-corrected chi connectivity index (χ1v) is 8.69. The number of allylic oxidation sites excluding steroid dienone is 1. The summed E-state index contributed by atoms with van der Waals surface area (Å²) >= 11 is 0. The summed E-state index contributed by atoms with van der Waals surface area (Å²) < 4.78 is 5.81. The van der Waals surface area contributed by atoms with E-state index in [-0.39, 0.29) is 10.8 Å². The van der Waals surface area contributed by atoms with E-state index in [0.29, 0.717) is 5.92 Å². The van der Waals surface area contributed by atoms with Gasteiger partial charge in [-0.2, -0.15) is 0 Å². The molecule has 0 aliphatic heterocycles. The van der Waals surface area contributed by atoms with Crippen LogP contribution >= 0.6 is 0 Å². The summed E-state index contributed by atoms with van der Waals surface area (Å²) in [7, 11) is 1.75. The maximum Gasteiger partial charge on any atom is 0.150 e. The molecule has 1 aromatic rings. The fraction of sp³-hybridized carbons (Fsp3) is 0.571. The van der Waals surface area contributed by atoms with Crippen molar-refractivity contribution < 1.29 is 9.53 Å². The Morgan fingerprint density at radius 2 is 1.91 bits per heavy atom. The number of ether oxygens (including phenoxy) is 1. The molecule has 1 fully saturated rings. The third-order valence-corrected chi connectivity index (χ3v) is 5.97. The maximum atomic E-state index is 11.9. The average molecular weight is 312 g/mol. The van der Waals surface area contributed by atoms with Gasteiger partial charge in [-0.1, -0.05) is 52.7 Å². The molecule has 2 aliphatic rings. The van der Waals surface area contributed by atoms with E-state index < -0.39 is 0 Å². The van der Waals surface area contributed by atoms with Crippen molar-refractivity contribution >= 4 is 12.4 Å². The normalized spacial score (nSPS) is 24.9. The van der Waals surface area contributed by atoms with Crippen LogP contribution in [0.5, 0.6) is 5.75 Å². The van der Waals surface area contributed by atoms with E-state index in [1.807, 2.05) is 0 Å². The largest absolute Gasteiger partial charge is 0.496 e. The van der Waals surface area contributed by atoms with Crippen molar-refractivity contribution in [2.24, 2.45) is 5.41 Å². The Morgan fingerprint density at radius 1 is 1.22 bits per heavy atom. The van der Waals surface area contributed by atoms with Crippen LogP contribution in [-0.4, -0.2) is 13.4 Å². The van der Waals surface area contributed by atoms with Crippen LogP contribution in [0.2, 0.25) is 0 Å². The number of methoxy groups -OCH3 is 1. The van der Waals surface area contributed by atoms with Gasteiger partial charge in [0.2, 0.25) is 0 Å². The second kappa shape index (κ2) is 5.22. The van der Waals surface area contributed by atoms with E-state index in [1.165, 1.54) is 24.0 Å². The minimum Gasteiger partial charge on any atom is -0.496 e. The third-order valence-electron chi connectivity index (χ3n) is 5.97. The van der Waals surface area contributed by atoms with Gasteiger partial charge < -0.3 is 4.74 Å². The number of fused-ring (bicyclic) bond motifs is 3. The minimum atomic E-state index is -0.0316.